The standard InChI is InChI=1S/C16H25O/c1-4-7-11-14-16(5-2,6-3)17-15-12-9-8-10-13-15/h8-10,12H,4-7,11,14H2,1-3H3. The molecule has 0 saturated carbocycles. The second-order valence-corrected chi connectivity index (χ2v) is 4.68. The average molecular weight is 233 g/mol. The van der Waals surface area contributed by atoms with Crippen molar-refractivity contribution in [3.8, 4) is 5.75 Å². The van der Waals surface area contributed by atoms with Crippen molar-refractivity contribution in [3.63, 3.8) is 0 Å². The first kappa shape index (κ1) is 14.1. The Bertz CT molecular complexity index is 288. The van der Waals surface area contributed by atoms with Gasteiger partial charge in [0.25, 0.3) is 0 Å². The van der Waals surface area contributed by atoms with E-state index in [9.17, 15) is 0 Å². The lowest BCUT2D eigenvalue weighted by molar-refractivity contribution is 0.0481. The fourth-order valence-corrected chi connectivity index (χ4v) is 2.17. The maximum atomic E-state index is 6.19. The first-order chi connectivity index (χ1) is 8.26. The molecule has 0 aliphatic carbocycles. The van der Waals surface area contributed by atoms with Crippen LogP contribution in [0.15, 0.2) is 24.3 Å². The Balaban J connectivity index is 2.63. The minimum atomic E-state index is 0.00697. The zero-order chi connectivity index (χ0) is 12.6. The highest BCUT2D eigenvalue weighted by Gasteiger charge is 2.27. The van der Waals surface area contributed by atoms with E-state index in [1.54, 1.807) is 0 Å². The van der Waals surface area contributed by atoms with E-state index in [-0.39, 0.29) is 5.60 Å². The first-order valence-corrected chi connectivity index (χ1v) is 6.92. The lowest BCUT2D eigenvalue weighted by Crippen LogP contribution is -2.34. The number of unbranched alkanes of at least 4 members (excludes halogenated alkanes) is 2. The normalized spacial score (nSPS) is 11.5. The summed E-state index contributed by atoms with van der Waals surface area (Å²) in [6, 6.07) is 11.1. The number of para-hydroxylation sites is 1. The third-order valence-corrected chi connectivity index (χ3v) is 3.53. The van der Waals surface area contributed by atoms with Crippen LogP contribution in [0, 0.1) is 6.07 Å². The van der Waals surface area contributed by atoms with Crippen molar-refractivity contribution in [1.29, 1.82) is 0 Å². The lowest BCUT2D eigenvalue weighted by atomic mass is 9.90. The van der Waals surface area contributed by atoms with Crippen LogP contribution in [0.2, 0.25) is 0 Å². The quantitative estimate of drug-likeness (QED) is 0.574. The number of ether oxygens (including phenoxy) is 1. The van der Waals surface area contributed by atoms with E-state index in [2.05, 4.69) is 26.8 Å². The van der Waals surface area contributed by atoms with Crippen molar-refractivity contribution in [2.24, 2.45) is 0 Å². The summed E-state index contributed by atoms with van der Waals surface area (Å²) in [4.78, 5) is 0. The summed E-state index contributed by atoms with van der Waals surface area (Å²) >= 11 is 0. The molecule has 1 aromatic carbocycles. The van der Waals surface area contributed by atoms with Crippen LogP contribution in [-0.2, 0) is 0 Å². The van der Waals surface area contributed by atoms with E-state index < -0.39 is 0 Å². The van der Waals surface area contributed by atoms with E-state index in [1.165, 1.54) is 19.3 Å². The Morgan fingerprint density at radius 1 is 1.12 bits per heavy atom. The Morgan fingerprint density at radius 3 is 2.41 bits per heavy atom. The number of hydrogen-bond acceptors (Lipinski definition) is 1. The molecule has 0 heterocycles. The number of rotatable bonds is 8. The molecule has 1 radical (unpaired) electrons. The molecule has 0 atom stereocenters. The second-order valence-electron chi connectivity index (χ2n) is 4.68. The summed E-state index contributed by atoms with van der Waals surface area (Å²) in [5.41, 5.74) is 0.00697. The van der Waals surface area contributed by atoms with Crippen LogP contribution in [-0.4, -0.2) is 5.60 Å². The number of benzene rings is 1. The summed E-state index contributed by atoms with van der Waals surface area (Å²) in [7, 11) is 0. The molecule has 1 heteroatoms. The van der Waals surface area contributed by atoms with Gasteiger partial charge in [-0.3, -0.25) is 0 Å². The molecule has 17 heavy (non-hydrogen) atoms. The van der Waals surface area contributed by atoms with E-state index in [1.807, 2.05) is 24.3 Å². The van der Waals surface area contributed by atoms with Gasteiger partial charge < -0.3 is 4.74 Å². The maximum absolute atomic E-state index is 6.19. The van der Waals surface area contributed by atoms with Crippen LogP contribution < -0.4 is 4.74 Å². The molecule has 0 aromatic heterocycles. The highest BCUT2D eigenvalue weighted by molar-refractivity contribution is 5.20. The van der Waals surface area contributed by atoms with E-state index in [0.29, 0.717) is 0 Å². The fraction of sp³-hybridized carbons (Fsp3) is 0.625. The minimum Gasteiger partial charge on any atom is -0.487 e. The molecule has 0 unspecified atom stereocenters. The van der Waals surface area contributed by atoms with Gasteiger partial charge in [-0.05, 0) is 31.7 Å². The summed E-state index contributed by atoms with van der Waals surface area (Å²) in [5.74, 6) is 0.882. The molecular formula is C16H25O. The zero-order valence-corrected chi connectivity index (χ0v) is 11.5. The van der Waals surface area contributed by atoms with Gasteiger partial charge in [-0.1, -0.05) is 51.8 Å². The van der Waals surface area contributed by atoms with Crippen LogP contribution in [0.3, 0.4) is 0 Å². The third kappa shape index (κ3) is 4.41. The molecule has 1 aromatic rings. The molecule has 1 rings (SSSR count). The highest BCUT2D eigenvalue weighted by Crippen LogP contribution is 2.29. The van der Waals surface area contributed by atoms with Crippen molar-refractivity contribution in [2.45, 2.75) is 64.9 Å². The summed E-state index contributed by atoms with van der Waals surface area (Å²) in [5, 5.41) is 0. The Morgan fingerprint density at radius 2 is 1.88 bits per heavy atom. The molecule has 1 nitrogen and oxygen atoms in total. The van der Waals surface area contributed by atoms with Crippen molar-refractivity contribution in [3.05, 3.63) is 30.3 Å². The second kappa shape index (κ2) is 7.37. The number of hydrogen-bond donors (Lipinski definition) is 0. The molecule has 0 fully saturated rings. The molecule has 95 valence electrons. The Labute approximate surface area is 106 Å². The van der Waals surface area contributed by atoms with Gasteiger partial charge in [0.2, 0.25) is 0 Å². The van der Waals surface area contributed by atoms with Crippen molar-refractivity contribution < 1.29 is 4.74 Å². The predicted octanol–water partition coefficient (Wildman–Crippen LogP) is 5.00. The van der Waals surface area contributed by atoms with E-state index in [4.69, 9.17) is 4.74 Å². The highest BCUT2D eigenvalue weighted by atomic mass is 16.5. The van der Waals surface area contributed by atoms with Gasteiger partial charge in [-0.15, -0.1) is 0 Å². The largest absolute Gasteiger partial charge is 0.487 e. The van der Waals surface area contributed by atoms with E-state index in [0.717, 1.165) is 25.0 Å². The maximum Gasteiger partial charge on any atom is 0.128 e. The van der Waals surface area contributed by atoms with Crippen LogP contribution in [0.1, 0.15) is 59.3 Å². The Kier molecular flexibility index (Phi) is 6.10. The molecule has 0 aliphatic heterocycles. The molecule has 0 spiro atoms. The van der Waals surface area contributed by atoms with Gasteiger partial charge in [0, 0.05) is 6.07 Å². The Hall–Kier alpha value is -0.980. The molecule has 0 saturated heterocycles. The van der Waals surface area contributed by atoms with E-state index >= 15 is 0 Å². The molecule has 0 bridgehead atoms. The van der Waals surface area contributed by atoms with Gasteiger partial charge in [0.05, 0.1) is 0 Å². The molecule has 0 aliphatic rings. The third-order valence-electron chi connectivity index (χ3n) is 3.53. The van der Waals surface area contributed by atoms with Crippen LogP contribution in [0.5, 0.6) is 5.75 Å². The van der Waals surface area contributed by atoms with Gasteiger partial charge in [-0.2, -0.15) is 0 Å². The SMILES string of the molecule is CCCCCC(CC)(CC)Oc1[c]cccc1. The van der Waals surface area contributed by atoms with Crippen LogP contribution in [0.25, 0.3) is 0 Å². The minimum absolute atomic E-state index is 0.00697. The average Bonchev–Trinajstić information content (AvgIpc) is 2.39. The molecule has 0 amide bonds. The zero-order valence-electron chi connectivity index (χ0n) is 11.5. The smallest absolute Gasteiger partial charge is 0.128 e. The fourth-order valence-electron chi connectivity index (χ4n) is 2.17. The van der Waals surface area contributed by atoms with Gasteiger partial charge in [0.1, 0.15) is 11.4 Å². The predicted molar refractivity (Wildman–Crippen MR) is 73.4 cm³/mol. The van der Waals surface area contributed by atoms with Crippen molar-refractivity contribution in [2.75, 3.05) is 0 Å². The summed E-state index contributed by atoms with van der Waals surface area (Å²) in [6.45, 7) is 6.68. The molecular weight excluding hydrogens is 208 g/mol. The van der Waals surface area contributed by atoms with Gasteiger partial charge in [-0.25, -0.2) is 0 Å². The molecule has 0 N–H and O–H groups in total. The van der Waals surface area contributed by atoms with Crippen LogP contribution >= 0.6 is 0 Å². The summed E-state index contributed by atoms with van der Waals surface area (Å²) in [6.07, 6.45) is 7.10. The van der Waals surface area contributed by atoms with Gasteiger partial charge >= 0.3 is 0 Å². The van der Waals surface area contributed by atoms with Gasteiger partial charge in [0.15, 0.2) is 0 Å². The monoisotopic (exact) mass is 233 g/mol. The first-order valence-electron chi connectivity index (χ1n) is 6.92. The van der Waals surface area contributed by atoms with Crippen LogP contribution in [0.4, 0.5) is 0 Å². The summed E-state index contributed by atoms with van der Waals surface area (Å²) < 4.78 is 6.19. The van der Waals surface area contributed by atoms with Crippen molar-refractivity contribution >= 4 is 0 Å². The lowest BCUT2D eigenvalue weighted by Gasteiger charge is -2.33. The topological polar surface area (TPSA) is 9.23 Å². The van der Waals surface area contributed by atoms with Crippen molar-refractivity contribution in [1.82, 2.24) is 0 Å².